The normalized spacial score (nSPS) is 9.59. The molecule has 0 N–H and O–H groups in total. The zero-order valence-electron chi connectivity index (χ0n) is 12.4. The molecule has 0 amide bonds. The van der Waals surface area contributed by atoms with Gasteiger partial charge in [-0.3, -0.25) is 0 Å². The number of nitrogens with zero attached hydrogens (tertiary/aromatic N) is 2. The van der Waals surface area contributed by atoms with Crippen molar-refractivity contribution >= 4 is 0 Å². The monoisotopic (exact) mass is 292 g/mol. The molecule has 22 heavy (non-hydrogen) atoms. The summed E-state index contributed by atoms with van der Waals surface area (Å²) in [7, 11) is 0. The Morgan fingerprint density at radius 2 is 1.50 bits per heavy atom. The minimum absolute atomic E-state index is 0.305. The average Bonchev–Trinajstić information content (AvgIpc) is 2.56. The number of nitriles is 2. The average molecular weight is 292 g/mol. The molecule has 110 valence electrons. The SMILES string of the molecule is CCCCOc1ccc(Oc2ccc(C#N)c(C#N)c2)cc1. The predicted molar refractivity (Wildman–Crippen MR) is 82.8 cm³/mol. The standard InChI is InChI=1S/C18H16N2O2/c1-2-3-10-21-16-6-8-17(9-7-16)22-18-5-4-14(12-19)15(11-18)13-20/h4-9,11H,2-3,10H2,1H3. The number of hydrogen-bond acceptors (Lipinski definition) is 4. The smallest absolute Gasteiger partial charge is 0.128 e. The molecular formula is C18H16N2O2. The van der Waals surface area contributed by atoms with Crippen molar-refractivity contribution in [2.45, 2.75) is 19.8 Å². The largest absolute Gasteiger partial charge is 0.494 e. The van der Waals surface area contributed by atoms with Crippen LogP contribution >= 0.6 is 0 Å². The van der Waals surface area contributed by atoms with Crippen LogP contribution in [0.15, 0.2) is 42.5 Å². The molecule has 0 saturated carbocycles. The molecular weight excluding hydrogens is 276 g/mol. The van der Waals surface area contributed by atoms with Crippen LogP contribution in [0.25, 0.3) is 0 Å². The molecule has 2 aromatic rings. The van der Waals surface area contributed by atoms with Gasteiger partial charge in [-0.15, -0.1) is 0 Å². The number of benzene rings is 2. The topological polar surface area (TPSA) is 66.0 Å². The van der Waals surface area contributed by atoms with Crippen molar-refractivity contribution in [2.75, 3.05) is 6.61 Å². The molecule has 0 unspecified atom stereocenters. The summed E-state index contributed by atoms with van der Waals surface area (Å²) in [6, 6.07) is 16.1. The van der Waals surface area contributed by atoms with Gasteiger partial charge in [0.1, 0.15) is 29.4 Å². The first kappa shape index (κ1) is 15.4. The van der Waals surface area contributed by atoms with E-state index in [-0.39, 0.29) is 0 Å². The molecule has 4 heteroatoms. The van der Waals surface area contributed by atoms with E-state index in [1.165, 1.54) is 0 Å². The van der Waals surface area contributed by atoms with Crippen LogP contribution in [0.1, 0.15) is 30.9 Å². The van der Waals surface area contributed by atoms with Gasteiger partial charge in [-0.1, -0.05) is 13.3 Å². The molecule has 0 aliphatic rings. The molecule has 0 fully saturated rings. The van der Waals surface area contributed by atoms with Crippen molar-refractivity contribution < 1.29 is 9.47 Å². The Hall–Kier alpha value is -2.98. The number of unbranched alkanes of at least 4 members (excludes halogenated alkanes) is 1. The van der Waals surface area contributed by atoms with E-state index in [2.05, 4.69) is 6.92 Å². The summed E-state index contributed by atoms with van der Waals surface area (Å²) in [5, 5.41) is 17.9. The Bertz CT molecular complexity index is 709. The van der Waals surface area contributed by atoms with Crippen LogP contribution in [-0.2, 0) is 0 Å². The highest BCUT2D eigenvalue weighted by Crippen LogP contribution is 2.25. The third-order valence-electron chi connectivity index (χ3n) is 3.06. The Morgan fingerprint density at radius 3 is 2.14 bits per heavy atom. The molecule has 0 heterocycles. The molecule has 0 bridgehead atoms. The Balaban J connectivity index is 2.05. The molecule has 2 aromatic carbocycles. The second kappa shape index (κ2) is 7.71. The number of hydrogen-bond donors (Lipinski definition) is 0. The van der Waals surface area contributed by atoms with E-state index < -0.39 is 0 Å². The van der Waals surface area contributed by atoms with Crippen LogP contribution < -0.4 is 9.47 Å². The summed E-state index contributed by atoms with van der Waals surface area (Å²) >= 11 is 0. The van der Waals surface area contributed by atoms with E-state index in [0.717, 1.165) is 18.6 Å². The second-order valence-corrected chi connectivity index (χ2v) is 4.71. The van der Waals surface area contributed by atoms with Gasteiger partial charge in [0.2, 0.25) is 0 Å². The van der Waals surface area contributed by atoms with Crippen molar-refractivity contribution in [1.82, 2.24) is 0 Å². The molecule has 0 aliphatic heterocycles. The Labute approximate surface area is 130 Å². The number of rotatable bonds is 6. The minimum atomic E-state index is 0.305. The minimum Gasteiger partial charge on any atom is -0.494 e. The molecule has 0 atom stereocenters. The quantitative estimate of drug-likeness (QED) is 0.740. The lowest BCUT2D eigenvalue weighted by Crippen LogP contribution is -1.96. The highest BCUT2D eigenvalue weighted by Gasteiger charge is 2.05. The fraction of sp³-hybridized carbons (Fsp3) is 0.222. The molecule has 0 aliphatic carbocycles. The zero-order chi connectivity index (χ0) is 15.8. The molecule has 0 aromatic heterocycles. The molecule has 0 saturated heterocycles. The molecule has 0 spiro atoms. The second-order valence-electron chi connectivity index (χ2n) is 4.71. The van der Waals surface area contributed by atoms with Crippen LogP contribution in [0.4, 0.5) is 0 Å². The van der Waals surface area contributed by atoms with Crippen LogP contribution in [0, 0.1) is 22.7 Å². The van der Waals surface area contributed by atoms with Gasteiger partial charge < -0.3 is 9.47 Å². The predicted octanol–water partition coefficient (Wildman–Crippen LogP) is 4.40. The summed E-state index contributed by atoms with van der Waals surface area (Å²) in [6.07, 6.45) is 2.13. The van der Waals surface area contributed by atoms with Gasteiger partial charge in [0.25, 0.3) is 0 Å². The van der Waals surface area contributed by atoms with Crippen molar-refractivity contribution in [1.29, 1.82) is 10.5 Å². The van der Waals surface area contributed by atoms with E-state index in [4.69, 9.17) is 20.0 Å². The first-order valence-corrected chi connectivity index (χ1v) is 7.11. The van der Waals surface area contributed by atoms with Gasteiger partial charge in [-0.05, 0) is 48.9 Å². The zero-order valence-corrected chi connectivity index (χ0v) is 12.4. The van der Waals surface area contributed by atoms with E-state index >= 15 is 0 Å². The van der Waals surface area contributed by atoms with Crippen molar-refractivity contribution in [3.8, 4) is 29.4 Å². The fourth-order valence-electron chi connectivity index (χ4n) is 1.85. The Kier molecular flexibility index (Phi) is 5.40. The van der Waals surface area contributed by atoms with Gasteiger partial charge in [0, 0.05) is 0 Å². The summed E-state index contributed by atoms with van der Waals surface area (Å²) in [5.74, 6) is 1.98. The lowest BCUT2D eigenvalue weighted by Gasteiger charge is -2.08. The van der Waals surface area contributed by atoms with Gasteiger partial charge in [-0.2, -0.15) is 10.5 Å². The summed E-state index contributed by atoms with van der Waals surface area (Å²) in [5.41, 5.74) is 0.647. The third-order valence-corrected chi connectivity index (χ3v) is 3.06. The van der Waals surface area contributed by atoms with Crippen LogP contribution in [0.5, 0.6) is 17.2 Å². The molecule has 2 rings (SSSR count). The van der Waals surface area contributed by atoms with Gasteiger partial charge in [-0.25, -0.2) is 0 Å². The lowest BCUT2D eigenvalue weighted by atomic mass is 10.1. The molecule has 4 nitrogen and oxygen atoms in total. The van der Waals surface area contributed by atoms with E-state index in [9.17, 15) is 0 Å². The fourth-order valence-corrected chi connectivity index (χ4v) is 1.85. The van der Waals surface area contributed by atoms with Crippen LogP contribution in [0.2, 0.25) is 0 Å². The van der Waals surface area contributed by atoms with Crippen molar-refractivity contribution in [3.05, 3.63) is 53.6 Å². The van der Waals surface area contributed by atoms with E-state index in [1.807, 2.05) is 36.4 Å². The van der Waals surface area contributed by atoms with Crippen LogP contribution in [0.3, 0.4) is 0 Å². The maximum atomic E-state index is 9.01. The highest BCUT2D eigenvalue weighted by molar-refractivity contribution is 5.50. The first-order valence-electron chi connectivity index (χ1n) is 7.11. The van der Waals surface area contributed by atoms with Gasteiger partial charge in [0.05, 0.1) is 17.7 Å². The Morgan fingerprint density at radius 1 is 0.864 bits per heavy atom. The third kappa shape index (κ3) is 4.01. The highest BCUT2D eigenvalue weighted by atomic mass is 16.5. The first-order chi connectivity index (χ1) is 10.8. The van der Waals surface area contributed by atoms with E-state index in [0.29, 0.717) is 29.2 Å². The maximum Gasteiger partial charge on any atom is 0.128 e. The summed E-state index contributed by atoms with van der Waals surface area (Å²) < 4.78 is 11.3. The van der Waals surface area contributed by atoms with Crippen LogP contribution in [-0.4, -0.2) is 6.61 Å². The maximum absolute atomic E-state index is 9.01. The van der Waals surface area contributed by atoms with Crippen molar-refractivity contribution in [3.63, 3.8) is 0 Å². The molecule has 0 radical (unpaired) electrons. The van der Waals surface area contributed by atoms with Gasteiger partial charge in [0.15, 0.2) is 0 Å². The lowest BCUT2D eigenvalue weighted by molar-refractivity contribution is 0.309. The van der Waals surface area contributed by atoms with E-state index in [1.54, 1.807) is 18.2 Å². The van der Waals surface area contributed by atoms with Crippen molar-refractivity contribution in [2.24, 2.45) is 0 Å². The summed E-state index contributed by atoms with van der Waals surface area (Å²) in [6.45, 7) is 2.82. The summed E-state index contributed by atoms with van der Waals surface area (Å²) in [4.78, 5) is 0. The van der Waals surface area contributed by atoms with Gasteiger partial charge >= 0.3 is 0 Å². The number of ether oxygens (including phenoxy) is 2.